The number of halogens is 1. The number of benzene rings is 2. The summed E-state index contributed by atoms with van der Waals surface area (Å²) in [6.07, 6.45) is 0. The maximum absolute atomic E-state index is 5.79. The van der Waals surface area contributed by atoms with Gasteiger partial charge in [0.15, 0.2) is 0 Å². The van der Waals surface area contributed by atoms with E-state index in [4.69, 9.17) is 15.1 Å². The first-order valence-electron chi connectivity index (χ1n) is 5.90. The number of rotatable bonds is 5. The van der Waals surface area contributed by atoms with E-state index in [1.165, 1.54) is 17.1 Å². The molecule has 0 radical (unpaired) electrons. The number of hydrogen-bond donors (Lipinski definition) is 1. The molecule has 20 heavy (non-hydrogen) atoms. The van der Waals surface area contributed by atoms with Gasteiger partial charge in [-0.05, 0) is 51.3 Å². The third-order valence-electron chi connectivity index (χ3n) is 2.50. The van der Waals surface area contributed by atoms with Gasteiger partial charge in [0, 0.05) is 29.2 Å². The maximum Gasteiger partial charge on any atom is 0.0702 e. The molecule has 0 spiro atoms. The molecular formula is C14H15BrN2O2S. The Hall–Kier alpha value is -1.05. The molecule has 0 aliphatic rings. The minimum atomic E-state index is 0.732. The molecule has 2 rings (SSSR count). The third kappa shape index (κ3) is 4.22. The summed E-state index contributed by atoms with van der Waals surface area (Å²) < 4.78 is 5.88. The first-order valence-corrected chi connectivity index (χ1v) is 7.44. The van der Waals surface area contributed by atoms with Crippen molar-refractivity contribution < 1.29 is 9.32 Å². The predicted molar refractivity (Wildman–Crippen MR) is 85.7 cm³/mol. The second-order valence-electron chi connectivity index (χ2n) is 4.30. The first kappa shape index (κ1) is 15.3. The Morgan fingerprint density at radius 3 is 2.30 bits per heavy atom. The van der Waals surface area contributed by atoms with Gasteiger partial charge in [-0.2, -0.15) is 5.06 Å². The van der Waals surface area contributed by atoms with Crippen LogP contribution in [0.2, 0.25) is 0 Å². The largest absolute Gasteiger partial charge is 0.398 e. The summed E-state index contributed by atoms with van der Waals surface area (Å²) in [5, 5.41) is 1.48. The molecule has 6 heteroatoms. The molecule has 106 valence electrons. The molecule has 2 aromatic rings. The smallest absolute Gasteiger partial charge is 0.0702 e. The van der Waals surface area contributed by atoms with Gasteiger partial charge in [-0.3, -0.25) is 0 Å². The number of anilines is 1. The predicted octanol–water partition coefficient (Wildman–Crippen LogP) is 4.13. The third-order valence-corrected chi connectivity index (χ3v) is 3.78. The molecule has 2 aromatic carbocycles. The summed E-state index contributed by atoms with van der Waals surface area (Å²) in [6, 6.07) is 13.9. The molecule has 0 atom stereocenters. The molecule has 0 aliphatic heterocycles. The monoisotopic (exact) mass is 354 g/mol. The van der Waals surface area contributed by atoms with Crippen molar-refractivity contribution in [1.82, 2.24) is 5.06 Å². The fourth-order valence-electron chi connectivity index (χ4n) is 1.52. The molecular weight excluding hydrogens is 340 g/mol. The SMILES string of the molecule is CN(C)OOSc1ccc(-c2ccc(N)c(Br)c2)cc1. The van der Waals surface area contributed by atoms with Crippen molar-refractivity contribution in [2.45, 2.75) is 4.90 Å². The zero-order valence-corrected chi connectivity index (χ0v) is 13.6. The Labute approximate surface area is 131 Å². The first-order chi connectivity index (χ1) is 9.56. The van der Waals surface area contributed by atoms with E-state index in [1.54, 1.807) is 14.1 Å². The average molecular weight is 355 g/mol. The number of nitrogens with two attached hydrogens (primary N) is 1. The molecule has 2 N–H and O–H groups in total. The standard InChI is InChI=1S/C14H15BrN2O2S/c1-17(2)18-19-20-12-6-3-10(4-7-12)11-5-8-14(16)13(15)9-11/h3-9H,16H2,1-2H3. The van der Waals surface area contributed by atoms with Gasteiger partial charge in [0.25, 0.3) is 0 Å². The Balaban J connectivity index is 2.05. The molecule has 0 saturated heterocycles. The van der Waals surface area contributed by atoms with Crippen LogP contribution in [-0.4, -0.2) is 19.2 Å². The highest BCUT2D eigenvalue weighted by atomic mass is 79.9. The lowest BCUT2D eigenvalue weighted by atomic mass is 10.1. The lowest BCUT2D eigenvalue weighted by Crippen LogP contribution is -2.10. The lowest BCUT2D eigenvalue weighted by Gasteiger charge is -2.08. The number of nitrogens with zero attached hydrogens (tertiary/aromatic N) is 1. The fraction of sp³-hybridized carbons (Fsp3) is 0.143. The van der Waals surface area contributed by atoms with E-state index in [-0.39, 0.29) is 0 Å². The summed E-state index contributed by atoms with van der Waals surface area (Å²) in [6.45, 7) is 0. The minimum Gasteiger partial charge on any atom is -0.398 e. The van der Waals surface area contributed by atoms with Gasteiger partial charge in [-0.25, -0.2) is 0 Å². The van der Waals surface area contributed by atoms with Crippen molar-refractivity contribution in [1.29, 1.82) is 0 Å². The summed E-state index contributed by atoms with van der Waals surface area (Å²) in [5.41, 5.74) is 8.74. The molecule has 0 bridgehead atoms. The van der Waals surface area contributed by atoms with Crippen molar-refractivity contribution in [2.75, 3.05) is 19.8 Å². The van der Waals surface area contributed by atoms with Gasteiger partial charge < -0.3 is 5.73 Å². The highest BCUT2D eigenvalue weighted by molar-refractivity contribution is 9.10. The summed E-state index contributed by atoms with van der Waals surface area (Å²) in [4.78, 5) is 5.83. The zero-order valence-electron chi connectivity index (χ0n) is 11.2. The van der Waals surface area contributed by atoms with E-state index in [0.29, 0.717) is 0 Å². The minimum absolute atomic E-state index is 0.732. The molecule has 0 aromatic heterocycles. The van der Waals surface area contributed by atoms with E-state index >= 15 is 0 Å². The van der Waals surface area contributed by atoms with Gasteiger partial charge in [-0.1, -0.05) is 18.2 Å². The Kier molecular flexibility index (Phi) is 5.45. The van der Waals surface area contributed by atoms with Crippen LogP contribution in [0.3, 0.4) is 0 Å². The summed E-state index contributed by atoms with van der Waals surface area (Å²) >= 11 is 4.60. The maximum atomic E-state index is 5.79. The fourth-order valence-corrected chi connectivity index (χ4v) is 2.38. The molecule has 0 heterocycles. The Morgan fingerprint density at radius 2 is 1.70 bits per heavy atom. The van der Waals surface area contributed by atoms with E-state index in [2.05, 4.69) is 15.9 Å². The average Bonchev–Trinajstić information content (AvgIpc) is 2.42. The van der Waals surface area contributed by atoms with Crippen molar-refractivity contribution in [3.8, 4) is 11.1 Å². The van der Waals surface area contributed by atoms with E-state index in [9.17, 15) is 0 Å². The molecule has 0 unspecified atom stereocenters. The van der Waals surface area contributed by atoms with Gasteiger partial charge in [0.05, 0.1) is 12.0 Å². The highest BCUT2D eigenvalue weighted by Crippen LogP contribution is 2.29. The van der Waals surface area contributed by atoms with Crippen LogP contribution in [0.4, 0.5) is 5.69 Å². The Bertz CT molecular complexity index is 576. The van der Waals surface area contributed by atoms with Crippen LogP contribution < -0.4 is 5.73 Å². The van der Waals surface area contributed by atoms with Crippen LogP contribution in [0.15, 0.2) is 51.8 Å². The van der Waals surface area contributed by atoms with Crippen molar-refractivity contribution in [2.24, 2.45) is 0 Å². The van der Waals surface area contributed by atoms with Crippen LogP contribution in [0.1, 0.15) is 0 Å². The number of nitrogen functional groups attached to an aromatic ring is 1. The normalized spacial score (nSPS) is 11.0. The molecule has 4 nitrogen and oxygen atoms in total. The van der Waals surface area contributed by atoms with E-state index < -0.39 is 0 Å². The topological polar surface area (TPSA) is 47.7 Å². The van der Waals surface area contributed by atoms with Gasteiger partial charge in [-0.15, -0.1) is 9.32 Å². The van der Waals surface area contributed by atoms with Gasteiger partial charge in [0.1, 0.15) is 0 Å². The van der Waals surface area contributed by atoms with Crippen molar-refractivity contribution in [3.05, 3.63) is 46.9 Å². The van der Waals surface area contributed by atoms with E-state index in [1.807, 2.05) is 42.5 Å². The quantitative estimate of drug-likeness (QED) is 0.378. The van der Waals surface area contributed by atoms with Gasteiger partial charge >= 0.3 is 0 Å². The van der Waals surface area contributed by atoms with Crippen LogP contribution in [-0.2, 0) is 9.32 Å². The molecule has 0 saturated carbocycles. The molecule has 0 amide bonds. The van der Waals surface area contributed by atoms with Crippen molar-refractivity contribution >= 4 is 33.7 Å². The highest BCUT2D eigenvalue weighted by Gasteiger charge is 2.03. The number of hydroxylamine groups is 2. The van der Waals surface area contributed by atoms with Crippen LogP contribution in [0, 0.1) is 0 Å². The zero-order chi connectivity index (χ0) is 14.5. The second-order valence-corrected chi connectivity index (χ2v) is 5.93. The summed E-state index contributed by atoms with van der Waals surface area (Å²) in [7, 11) is 3.51. The second kappa shape index (κ2) is 7.10. The lowest BCUT2D eigenvalue weighted by molar-refractivity contribution is -0.340. The molecule has 0 fully saturated rings. The van der Waals surface area contributed by atoms with Gasteiger partial charge in [0.2, 0.25) is 0 Å². The summed E-state index contributed by atoms with van der Waals surface area (Å²) in [5.74, 6) is 0. The van der Waals surface area contributed by atoms with Crippen LogP contribution >= 0.6 is 28.0 Å². The van der Waals surface area contributed by atoms with E-state index in [0.717, 1.165) is 26.2 Å². The Morgan fingerprint density at radius 1 is 1.05 bits per heavy atom. The molecule has 0 aliphatic carbocycles. The van der Waals surface area contributed by atoms with Crippen LogP contribution in [0.25, 0.3) is 11.1 Å². The van der Waals surface area contributed by atoms with Crippen LogP contribution in [0.5, 0.6) is 0 Å². The number of hydrogen-bond acceptors (Lipinski definition) is 5. The van der Waals surface area contributed by atoms with Crippen molar-refractivity contribution in [3.63, 3.8) is 0 Å².